The molecule has 1 N–H and O–H groups in total. The zero-order valence-electron chi connectivity index (χ0n) is 11.0. The smallest absolute Gasteiger partial charge is 0.306 e. The van der Waals surface area contributed by atoms with Crippen LogP contribution in [0.5, 0.6) is 0 Å². The summed E-state index contributed by atoms with van der Waals surface area (Å²) in [4.78, 5) is 12.8. The van der Waals surface area contributed by atoms with Crippen molar-refractivity contribution in [1.82, 2.24) is 0 Å². The van der Waals surface area contributed by atoms with Gasteiger partial charge in [0.05, 0.1) is 5.92 Å². The van der Waals surface area contributed by atoms with E-state index in [0.29, 0.717) is 11.8 Å². The Bertz CT molecular complexity index is 472. The number of carboxylic acid groups (broad SMARTS) is 1. The molecule has 0 amide bonds. The molecule has 1 saturated carbocycles. The van der Waals surface area contributed by atoms with E-state index in [1.165, 1.54) is 16.9 Å². The lowest BCUT2D eigenvalue weighted by Gasteiger charge is -2.30. The number of hydrogen-bond acceptors (Lipinski definition) is 2. The molecule has 1 heterocycles. The minimum absolute atomic E-state index is 0.105. The lowest BCUT2D eigenvalue weighted by atomic mass is 9.74. The van der Waals surface area contributed by atoms with Gasteiger partial charge in [-0.05, 0) is 42.7 Å². The zero-order valence-corrected chi connectivity index (χ0v) is 11.9. The number of thioether (sulfide) groups is 1. The number of carboxylic acids is 1. The van der Waals surface area contributed by atoms with Gasteiger partial charge in [-0.2, -0.15) is 0 Å². The molecular weight excluding hydrogens is 256 g/mol. The molecule has 1 aromatic carbocycles. The average molecular weight is 276 g/mol. The normalized spacial score (nSPS) is 30.0. The first kappa shape index (κ1) is 13.0. The molecule has 3 atom stereocenters. The molecule has 0 bridgehead atoms. The van der Waals surface area contributed by atoms with Crippen molar-refractivity contribution in [3.05, 3.63) is 29.8 Å². The van der Waals surface area contributed by atoms with E-state index in [2.05, 4.69) is 24.3 Å². The second kappa shape index (κ2) is 5.58. The Morgan fingerprint density at radius 2 is 2.05 bits per heavy atom. The third-order valence-corrected chi connectivity index (χ3v) is 5.86. The first-order chi connectivity index (χ1) is 9.25. The molecular formula is C16H20O2S. The highest BCUT2D eigenvalue weighted by Gasteiger charge is 2.34. The van der Waals surface area contributed by atoms with Crippen LogP contribution < -0.4 is 0 Å². The zero-order chi connectivity index (χ0) is 13.2. The van der Waals surface area contributed by atoms with Crippen molar-refractivity contribution in [3.63, 3.8) is 0 Å². The van der Waals surface area contributed by atoms with Gasteiger partial charge in [0.25, 0.3) is 0 Å². The summed E-state index contributed by atoms with van der Waals surface area (Å²) < 4.78 is 0. The van der Waals surface area contributed by atoms with Crippen LogP contribution in [0, 0.1) is 11.8 Å². The molecule has 0 spiro atoms. The number of fused-ring (bicyclic) bond motifs is 1. The molecule has 3 heteroatoms. The molecule has 2 aliphatic rings. The molecule has 102 valence electrons. The SMILES string of the molecule is O=C(O)C1CCCCC1CC1CSc2ccccc21. The van der Waals surface area contributed by atoms with Crippen molar-refractivity contribution in [3.8, 4) is 0 Å². The highest BCUT2D eigenvalue weighted by molar-refractivity contribution is 7.99. The van der Waals surface area contributed by atoms with Gasteiger partial charge in [-0.1, -0.05) is 31.0 Å². The van der Waals surface area contributed by atoms with E-state index in [1.807, 2.05) is 11.8 Å². The van der Waals surface area contributed by atoms with Crippen molar-refractivity contribution >= 4 is 17.7 Å². The number of rotatable bonds is 3. The number of carbonyl (C=O) groups is 1. The summed E-state index contributed by atoms with van der Waals surface area (Å²) in [6.07, 6.45) is 5.32. The first-order valence-electron chi connectivity index (χ1n) is 7.20. The topological polar surface area (TPSA) is 37.3 Å². The van der Waals surface area contributed by atoms with Crippen molar-refractivity contribution in [2.45, 2.75) is 42.9 Å². The second-order valence-corrected chi connectivity index (χ2v) is 6.83. The van der Waals surface area contributed by atoms with Crippen LogP contribution in [0.15, 0.2) is 29.2 Å². The van der Waals surface area contributed by atoms with E-state index in [-0.39, 0.29) is 5.92 Å². The van der Waals surface area contributed by atoms with Gasteiger partial charge in [-0.15, -0.1) is 11.8 Å². The summed E-state index contributed by atoms with van der Waals surface area (Å²) in [6, 6.07) is 8.61. The van der Waals surface area contributed by atoms with E-state index in [1.54, 1.807) is 0 Å². The molecule has 1 fully saturated rings. The molecule has 2 nitrogen and oxygen atoms in total. The quantitative estimate of drug-likeness (QED) is 0.900. The van der Waals surface area contributed by atoms with Crippen LogP contribution in [0.4, 0.5) is 0 Å². The molecule has 19 heavy (non-hydrogen) atoms. The van der Waals surface area contributed by atoms with Crippen molar-refractivity contribution in [2.24, 2.45) is 11.8 Å². The van der Waals surface area contributed by atoms with Crippen LogP contribution in [0.1, 0.15) is 43.6 Å². The van der Waals surface area contributed by atoms with Gasteiger partial charge in [0.15, 0.2) is 0 Å². The van der Waals surface area contributed by atoms with Crippen LogP contribution in [0.25, 0.3) is 0 Å². The van der Waals surface area contributed by atoms with E-state index < -0.39 is 5.97 Å². The highest BCUT2D eigenvalue weighted by Crippen LogP contribution is 2.45. The highest BCUT2D eigenvalue weighted by atomic mass is 32.2. The summed E-state index contributed by atoms with van der Waals surface area (Å²) in [6.45, 7) is 0. The molecule has 0 saturated heterocycles. The summed E-state index contributed by atoms with van der Waals surface area (Å²) in [5.41, 5.74) is 1.45. The standard InChI is InChI=1S/C16H20O2S/c17-16(18)14-7-2-1-5-11(14)9-12-10-19-15-8-4-3-6-13(12)15/h3-4,6,8,11-12,14H,1-2,5,7,9-10H2,(H,17,18). The lowest BCUT2D eigenvalue weighted by Crippen LogP contribution is -2.28. The molecule has 3 rings (SSSR count). The Labute approximate surface area is 118 Å². The average Bonchev–Trinajstić information content (AvgIpc) is 2.83. The Balaban J connectivity index is 1.73. The van der Waals surface area contributed by atoms with E-state index >= 15 is 0 Å². The summed E-state index contributed by atoms with van der Waals surface area (Å²) >= 11 is 1.93. The van der Waals surface area contributed by atoms with Gasteiger partial charge in [-0.3, -0.25) is 4.79 Å². The Morgan fingerprint density at radius 3 is 2.89 bits per heavy atom. The lowest BCUT2D eigenvalue weighted by molar-refractivity contribution is -0.145. The first-order valence-corrected chi connectivity index (χ1v) is 8.19. The second-order valence-electron chi connectivity index (χ2n) is 5.77. The van der Waals surface area contributed by atoms with Crippen molar-refractivity contribution in [2.75, 3.05) is 5.75 Å². The van der Waals surface area contributed by atoms with Crippen molar-refractivity contribution in [1.29, 1.82) is 0 Å². The van der Waals surface area contributed by atoms with E-state index in [0.717, 1.165) is 31.4 Å². The van der Waals surface area contributed by atoms with Crippen molar-refractivity contribution < 1.29 is 9.90 Å². The van der Waals surface area contributed by atoms with E-state index in [9.17, 15) is 9.90 Å². The summed E-state index contributed by atoms with van der Waals surface area (Å²) in [5.74, 6) is 1.38. The van der Waals surface area contributed by atoms with E-state index in [4.69, 9.17) is 0 Å². The maximum absolute atomic E-state index is 11.4. The predicted octanol–water partition coefficient (Wildman–Crippen LogP) is 4.16. The fourth-order valence-corrected chi connectivity index (χ4v) is 4.88. The minimum Gasteiger partial charge on any atom is -0.481 e. The minimum atomic E-state index is -0.580. The molecule has 1 aromatic rings. The predicted molar refractivity (Wildman–Crippen MR) is 77.6 cm³/mol. The van der Waals surface area contributed by atoms with Gasteiger partial charge in [0.2, 0.25) is 0 Å². The van der Waals surface area contributed by atoms with Gasteiger partial charge < -0.3 is 5.11 Å². The van der Waals surface area contributed by atoms with Crippen LogP contribution in [0.3, 0.4) is 0 Å². The number of aliphatic carboxylic acids is 1. The summed E-state index contributed by atoms with van der Waals surface area (Å²) in [7, 11) is 0. The van der Waals surface area contributed by atoms with Crippen LogP contribution in [-0.2, 0) is 4.79 Å². The molecule has 0 radical (unpaired) electrons. The third-order valence-electron chi connectivity index (χ3n) is 4.61. The van der Waals surface area contributed by atoms with Gasteiger partial charge in [0, 0.05) is 10.6 Å². The van der Waals surface area contributed by atoms with Gasteiger partial charge >= 0.3 is 5.97 Å². The van der Waals surface area contributed by atoms with Crippen LogP contribution in [0.2, 0.25) is 0 Å². The van der Waals surface area contributed by atoms with Gasteiger partial charge in [-0.25, -0.2) is 0 Å². The Hall–Kier alpha value is -0.960. The maximum atomic E-state index is 11.4. The monoisotopic (exact) mass is 276 g/mol. The molecule has 0 aromatic heterocycles. The fourth-order valence-electron chi connectivity index (χ4n) is 3.60. The third kappa shape index (κ3) is 2.66. The number of benzene rings is 1. The largest absolute Gasteiger partial charge is 0.481 e. The van der Waals surface area contributed by atoms with Crippen LogP contribution >= 0.6 is 11.8 Å². The van der Waals surface area contributed by atoms with Gasteiger partial charge in [0.1, 0.15) is 0 Å². The molecule has 1 aliphatic carbocycles. The molecule has 1 aliphatic heterocycles. The maximum Gasteiger partial charge on any atom is 0.306 e. The Morgan fingerprint density at radius 1 is 1.26 bits per heavy atom. The van der Waals surface area contributed by atoms with Crippen LogP contribution in [-0.4, -0.2) is 16.8 Å². The number of hydrogen-bond donors (Lipinski definition) is 1. The summed E-state index contributed by atoms with van der Waals surface area (Å²) in [5, 5.41) is 9.37. The fraction of sp³-hybridized carbons (Fsp3) is 0.562. The Kier molecular flexibility index (Phi) is 3.83. The molecule has 3 unspecified atom stereocenters.